The van der Waals surface area contributed by atoms with Gasteiger partial charge in [-0.1, -0.05) is 49.7 Å². The van der Waals surface area contributed by atoms with Gasteiger partial charge in [-0.3, -0.25) is 4.79 Å². The Hall–Kier alpha value is -3.88. The molecule has 0 aliphatic carbocycles. The topological polar surface area (TPSA) is 103 Å². The second-order valence-electron chi connectivity index (χ2n) is 8.94. The van der Waals surface area contributed by atoms with Gasteiger partial charge in [-0.25, -0.2) is 9.59 Å². The fourth-order valence-corrected chi connectivity index (χ4v) is 4.26. The first-order chi connectivity index (χ1) is 17.9. The summed E-state index contributed by atoms with van der Waals surface area (Å²) in [7, 11) is 0. The lowest BCUT2D eigenvalue weighted by molar-refractivity contribution is -0.766. The van der Waals surface area contributed by atoms with Crippen LogP contribution in [0.4, 0.5) is 0 Å². The lowest BCUT2D eigenvalue weighted by atomic mass is 10.1. The van der Waals surface area contributed by atoms with Crippen LogP contribution in [0.3, 0.4) is 0 Å². The van der Waals surface area contributed by atoms with Crippen LogP contribution in [-0.4, -0.2) is 47.7 Å². The van der Waals surface area contributed by atoms with Crippen LogP contribution in [0.25, 0.3) is 0 Å². The van der Waals surface area contributed by atoms with Crippen molar-refractivity contribution in [2.75, 3.05) is 6.61 Å². The number of hydrogen-bond acceptors (Lipinski definition) is 7. The lowest BCUT2D eigenvalue weighted by Gasteiger charge is -2.19. The number of Topliss-reactive ketones (excluding diaryl/α,β-unsaturated/α-hetero) is 1. The number of aryl methyl sites for hydroxylation is 1. The molecule has 1 saturated heterocycles. The Labute approximate surface area is 215 Å². The lowest BCUT2D eigenvalue weighted by Crippen LogP contribution is -2.47. The molecule has 4 rings (SSSR count). The summed E-state index contributed by atoms with van der Waals surface area (Å²) < 4.78 is 18.9. The molecule has 1 aliphatic rings. The van der Waals surface area contributed by atoms with Crippen molar-refractivity contribution >= 4 is 17.7 Å². The van der Waals surface area contributed by atoms with E-state index in [0.29, 0.717) is 16.7 Å². The Bertz CT molecular complexity index is 1250. The van der Waals surface area contributed by atoms with E-state index in [-0.39, 0.29) is 12.4 Å². The van der Waals surface area contributed by atoms with E-state index in [2.05, 4.69) is 0 Å². The molecular weight excluding hydrogens is 474 g/mol. The van der Waals surface area contributed by atoms with Gasteiger partial charge < -0.3 is 19.3 Å². The van der Waals surface area contributed by atoms with Crippen molar-refractivity contribution in [1.29, 1.82) is 0 Å². The molecule has 0 unspecified atom stereocenters. The highest BCUT2D eigenvalue weighted by atomic mass is 16.6. The number of carbonyl (C=O) groups excluding carboxylic acids is 3. The molecule has 3 aromatic rings. The first-order valence-electron chi connectivity index (χ1n) is 12.2. The number of ether oxygens (including phenoxy) is 3. The summed E-state index contributed by atoms with van der Waals surface area (Å²) in [5.74, 6) is -1.33. The molecule has 0 radical (unpaired) electrons. The smallest absolute Gasteiger partial charge is 0.338 e. The van der Waals surface area contributed by atoms with Crippen molar-refractivity contribution < 1.29 is 38.3 Å². The molecule has 1 N–H and O–H groups in total. The highest BCUT2D eigenvalue weighted by molar-refractivity contribution is 5.93. The standard InChI is InChI=1S/C29H30NO7/c1-3-10-20-15-23(19(2)31)17-30(16-20)27-25(32)26(37-29(34)22-13-8-5-9-14-22)24(36-27)18-35-28(33)21-11-6-4-7-12-21/h4-9,11-17,24-27,32H,3,10,18H2,1-2H3/q+1/t24-,25-,26-,27-/m1/s1. The Morgan fingerprint density at radius 1 is 0.919 bits per heavy atom. The number of esters is 2. The summed E-state index contributed by atoms with van der Waals surface area (Å²) in [6.45, 7) is 3.25. The number of pyridine rings is 1. The van der Waals surface area contributed by atoms with Crippen LogP contribution < -0.4 is 4.57 Å². The number of benzene rings is 2. The van der Waals surface area contributed by atoms with E-state index >= 15 is 0 Å². The third kappa shape index (κ3) is 6.28. The monoisotopic (exact) mass is 504 g/mol. The summed E-state index contributed by atoms with van der Waals surface area (Å²) in [5.41, 5.74) is 2.05. The maximum atomic E-state index is 12.8. The van der Waals surface area contributed by atoms with Crippen LogP contribution in [-0.2, 0) is 20.6 Å². The fraction of sp³-hybridized carbons (Fsp3) is 0.310. The van der Waals surface area contributed by atoms with Crippen molar-refractivity contribution in [3.05, 3.63) is 101 Å². The van der Waals surface area contributed by atoms with Crippen molar-refractivity contribution in [1.82, 2.24) is 0 Å². The fourth-order valence-electron chi connectivity index (χ4n) is 4.26. The molecule has 1 aromatic heterocycles. The largest absolute Gasteiger partial charge is 0.459 e. The van der Waals surface area contributed by atoms with Gasteiger partial charge in [0.2, 0.25) is 0 Å². The molecule has 37 heavy (non-hydrogen) atoms. The number of aliphatic hydroxyl groups excluding tert-OH is 1. The Morgan fingerprint density at radius 2 is 1.54 bits per heavy atom. The van der Waals surface area contributed by atoms with Gasteiger partial charge >= 0.3 is 11.9 Å². The molecule has 0 bridgehead atoms. The van der Waals surface area contributed by atoms with Crippen molar-refractivity contribution in [3.8, 4) is 0 Å². The highest BCUT2D eigenvalue weighted by Crippen LogP contribution is 2.29. The molecule has 192 valence electrons. The highest BCUT2D eigenvalue weighted by Gasteiger charge is 2.52. The summed E-state index contributed by atoms with van der Waals surface area (Å²) in [5, 5.41) is 11.3. The van der Waals surface area contributed by atoms with E-state index in [4.69, 9.17) is 14.2 Å². The van der Waals surface area contributed by atoms with Gasteiger partial charge in [0, 0.05) is 5.56 Å². The second kappa shape index (κ2) is 11.9. The third-order valence-corrected chi connectivity index (χ3v) is 6.13. The first kappa shape index (κ1) is 26.2. The summed E-state index contributed by atoms with van der Waals surface area (Å²) in [4.78, 5) is 37.5. The minimum Gasteiger partial charge on any atom is -0.459 e. The minimum atomic E-state index is -1.28. The number of hydrogen-bond donors (Lipinski definition) is 1. The molecule has 2 aromatic carbocycles. The molecule has 0 saturated carbocycles. The van der Waals surface area contributed by atoms with Gasteiger partial charge in [0.1, 0.15) is 12.7 Å². The molecule has 1 aliphatic heterocycles. The van der Waals surface area contributed by atoms with E-state index < -0.39 is 36.5 Å². The number of rotatable bonds is 9. The molecule has 1 fully saturated rings. The van der Waals surface area contributed by atoms with E-state index in [1.807, 2.05) is 13.0 Å². The van der Waals surface area contributed by atoms with Crippen LogP contribution >= 0.6 is 0 Å². The van der Waals surface area contributed by atoms with Gasteiger partial charge in [0.05, 0.1) is 16.7 Å². The van der Waals surface area contributed by atoms with Gasteiger partial charge in [-0.15, -0.1) is 0 Å². The number of aliphatic hydroxyl groups is 1. The normalized spacial score (nSPS) is 20.8. The van der Waals surface area contributed by atoms with Crippen LogP contribution in [0.1, 0.15) is 63.1 Å². The zero-order chi connectivity index (χ0) is 26.4. The van der Waals surface area contributed by atoms with Crippen LogP contribution in [0, 0.1) is 0 Å². The molecule has 0 amide bonds. The predicted molar refractivity (Wildman–Crippen MR) is 133 cm³/mol. The molecule has 8 nitrogen and oxygen atoms in total. The summed E-state index contributed by atoms with van der Waals surface area (Å²) in [6.07, 6.45) is 0.688. The number of ketones is 1. The summed E-state index contributed by atoms with van der Waals surface area (Å²) in [6, 6.07) is 18.7. The van der Waals surface area contributed by atoms with E-state index in [0.717, 1.165) is 18.4 Å². The number of nitrogens with zero attached hydrogens (tertiary/aromatic N) is 1. The number of aromatic nitrogens is 1. The van der Waals surface area contributed by atoms with Gasteiger partial charge in [-0.05, 0) is 43.7 Å². The zero-order valence-electron chi connectivity index (χ0n) is 20.8. The van der Waals surface area contributed by atoms with Crippen LogP contribution in [0.5, 0.6) is 0 Å². The quantitative estimate of drug-likeness (QED) is 0.270. The molecule has 4 atom stereocenters. The molecule has 2 heterocycles. The SMILES string of the molecule is CCCc1cc(C(C)=O)c[n+]([C@@H]2O[C@H](COC(=O)c3ccccc3)[C@@H](OC(=O)c3ccccc3)[C@H]2O)c1. The Balaban J connectivity index is 1.60. The second-order valence-corrected chi connectivity index (χ2v) is 8.94. The summed E-state index contributed by atoms with van der Waals surface area (Å²) >= 11 is 0. The van der Waals surface area contributed by atoms with Gasteiger partial charge in [0.25, 0.3) is 6.23 Å². The van der Waals surface area contributed by atoms with Crippen molar-refractivity contribution in [2.24, 2.45) is 0 Å². The number of carbonyl (C=O) groups is 3. The first-order valence-corrected chi connectivity index (χ1v) is 12.2. The van der Waals surface area contributed by atoms with E-state index in [1.165, 1.54) is 6.92 Å². The van der Waals surface area contributed by atoms with Crippen molar-refractivity contribution in [3.63, 3.8) is 0 Å². The minimum absolute atomic E-state index is 0.125. The van der Waals surface area contributed by atoms with Crippen molar-refractivity contribution in [2.45, 2.75) is 51.2 Å². The van der Waals surface area contributed by atoms with E-state index in [9.17, 15) is 19.5 Å². The molecule has 0 spiro atoms. The predicted octanol–water partition coefficient (Wildman–Crippen LogP) is 3.47. The third-order valence-electron chi connectivity index (χ3n) is 6.13. The van der Waals surface area contributed by atoms with E-state index in [1.54, 1.807) is 77.6 Å². The average molecular weight is 505 g/mol. The van der Waals surface area contributed by atoms with Crippen LogP contribution in [0.15, 0.2) is 79.1 Å². The average Bonchev–Trinajstić information content (AvgIpc) is 3.23. The Kier molecular flexibility index (Phi) is 8.43. The van der Waals surface area contributed by atoms with Gasteiger partial charge in [0.15, 0.2) is 30.4 Å². The van der Waals surface area contributed by atoms with Gasteiger partial charge in [-0.2, -0.15) is 4.57 Å². The maximum Gasteiger partial charge on any atom is 0.338 e. The maximum absolute atomic E-state index is 12.8. The zero-order valence-corrected chi connectivity index (χ0v) is 20.8. The molecule has 8 heteroatoms. The molecular formula is C29H30NO7+. The van der Waals surface area contributed by atoms with Crippen LogP contribution in [0.2, 0.25) is 0 Å². The Morgan fingerprint density at radius 3 is 2.14 bits per heavy atom.